The van der Waals surface area contributed by atoms with E-state index in [-0.39, 0.29) is 11.6 Å². The third-order valence-electron chi connectivity index (χ3n) is 5.38. The molecule has 0 atom stereocenters. The standard InChI is InChI=1S/C24H49NO11Si/c1-24(2,3)37(4,5)36-19-18-34-17-16-33-15-14-32-13-12-31-11-10-30-9-8-29-7-6-25-22(26)20-35-21-23(27)28/h6-21H2,1-5H3,(H,25,26)(H,27,28). The fourth-order valence-corrected chi connectivity index (χ4v) is 3.35. The number of rotatable bonds is 26. The van der Waals surface area contributed by atoms with E-state index in [2.05, 4.69) is 43.9 Å². The lowest BCUT2D eigenvalue weighted by atomic mass is 10.2. The summed E-state index contributed by atoms with van der Waals surface area (Å²) in [5.74, 6) is -1.51. The van der Waals surface area contributed by atoms with Crippen molar-refractivity contribution in [3.63, 3.8) is 0 Å². The maximum absolute atomic E-state index is 11.3. The Labute approximate surface area is 222 Å². The normalized spacial score (nSPS) is 12.1. The van der Waals surface area contributed by atoms with Gasteiger partial charge in [-0.2, -0.15) is 0 Å². The Morgan fingerprint density at radius 3 is 1.38 bits per heavy atom. The van der Waals surface area contributed by atoms with Crippen LogP contribution in [0.4, 0.5) is 0 Å². The third-order valence-corrected chi connectivity index (χ3v) is 9.92. The smallest absolute Gasteiger partial charge is 0.329 e. The number of carbonyl (C=O) groups excluding carboxylic acids is 1. The van der Waals surface area contributed by atoms with Crippen LogP contribution in [-0.2, 0) is 47.2 Å². The first kappa shape index (κ1) is 35.8. The number of hydrogen-bond donors (Lipinski definition) is 2. The second-order valence-electron chi connectivity index (χ2n) is 9.52. The van der Waals surface area contributed by atoms with Crippen LogP contribution < -0.4 is 5.32 Å². The number of carboxylic acid groups (broad SMARTS) is 1. The van der Waals surface area contributed by atoms with Crippen LogP contribution >= 0.6 is 0 Å². The number of carboxylic acids is 1. The lowest BCUT2D eigenvalue weighted by Crippen LogP contribution is -2.41. The maximum Gasteiger partial charge on any atom is 0.329 e. The van der Waals surface area contributed by atoms with Gasteiger partial charge in [0.25, 0.3) is 0 Å². The van der Waals surface area contributed by atoms with E-state index in [9.17, 15) is 9.59 Å². The van der Waals surface area contributed by atoms with Crippen molar-refractivity contribution in [2.45, 2.75) is 38.9 Å². The van der Waals surface area contributed by atoms with Crippen LogP contribution in [0.2, 0.25) is 18.1 Å². The molecule has 0 aliphatic rings. The molecule has 1 amide bonds. The van der Waals surface area contributed by atoms with Gasteiger partial charge in [-0.3, -0.25) is 4.79 Å². The molecule has 0 aromatic rings. The Balaban J connectivity index is 3.22. The van der Waals surface area contributed by atoms with E-state index in [0.717, 1.165) is 0 Å². The third kappa shape index (κ3) is 23.7. The van der Waals surface area contributed by atoms with E-state index in [1.165, 1.54) is 0 Å². The van der Waals surface area contributed by atoms with E-state index >= 15 is 0 Å². The van der Waals surface area contributed by atoms with Crippen molar-refractivity contribution in [2.75, 3.05) is 106 Å². The molecule has 0 fully saturated rings. The van der Waals surface area contributed by atoms with Crippen molar-refractivity contribution in [2.24, 2.45) is 0 Å². The highest BCUT2D eigenvalue weighted by molar-refractivity contribution is 6.74. The maximum atomic E-state index is 11.3. The van der Waals surface area contributed by atoms with Gasteiger partial charge >= 0.3 is 5.97 Å². The lowest BCUT2D eigenvalue weighted by molar-refractivity contribution is -0.143. The number of hydrogen-bond acceptors (Lipinski definition) is 10. The molecule has 13 heteroatoms. The number of carbonyl (C=O) groups is 2. The molecule has 220 valence electrons. The van der Waals surface area contributed by atoms with Gasteiger partial charge in [-0.1, -0.05) is 20.8 Å². The Morgan fingerprint density at radius 2 is 1.00 bits per heavy atom. The van der Waals surface area contributed by atoms with Crippen LogP contribution in [0.3, 0.4) is 0 Å². The van der Waals surface area contributed by atoms with Crippen LogP contribution in [0.5, 0.6) is 0 Å². The Hall–Kier alpha value is -1.16. The highest BCUT2D eigenvalue weighted by Crippen LogP contribution is 2.36. The average Bonchev–Trinajstić information content (AvgIpc) is 2.81. The quantitative estimate of drug-likeness (QED) is 0.118. The second-order valence-corrected chi connectivity index (χ2v) is 14.3. The second kappa shape index (κ2) is 22.8. The monoisotopic (exact) mass is 555 g/mol. The van der Waals surface area contributed by atoms with Crippen LogP contribution in [0.25, 0.3) is 0 Å². The molecule has 0 unspecified atom stereocenters. The minimum absolute atomic E-state index is 0.208. The summed E-state index contributed by atoms with van der Waals surface area (Å²) in [5.41, 5.74) is 0. The number of aliphatic carboxylic acids is 1. The molecule has 0 aromatic heterocycles. The molecule has 2 N–H and O–H groups in total. The van der Waals surface area contributed by atoms with Crippen molar-refractivity contribution in [3.05, 3.63) is 0 Å². The SMILES string of the molecule is CC(C)(C)[Si](C)(C)OCCOCCOCCOCCOCCOCCOCCNC(=O)COCC(=O)O. The summed E-state index contributed by atoms with van der Waals surface area (Å²) < 4.78 is 43.3. The van der Waals surface area contributed by atoms with Gasteiger partial charge in [0.1, 0.15) is 13.2 Å². The fraction of sp³-hybridized carbons (Fsp3) is 0.917. The van der Waals surface area contributed by atoms with E-state index < -0.39 is 26.8 Å². The lowest BCUT2D eigenvalue weighted by Gasteiger charge is -2.36. The fourth-order valence-electron chi connectivity index (χ4n) is 2.32. The van der Waals surface area contributed by atoms with Gasteiger partial charge in [-0.25, -0.2) is 4.79 Å². The van der Waals surface area contributed by atoms with Gasteiger partial charge in [-0.15, -0.1) is 0 Å². The minimum atomic E-state index is -1.70. The van der Waals surface area contributed by atoms with Crippen molar-refractivity contribution in [3.8, 4) is 0 Å². The summed E-state index contributed by atoms with van der Waals surface area (Å²) in [6, 6.07) is 0. The molecule has 0 bridgehead atoms. The molecule has 0 aromatic carbocycles. The summed E-state index contributed by atoms with van der Waals surface area (Å²) in [6.07, 6.45) is 0. The van der Waals surface area contributed by atoms with Crippen LogP contribution in [0.15, 0.2) is 0 Å². The molecule has 0 aliphatic carbocycles. The molecule has 0 heterocycles. The zero-order chi connectivity index (χ0) is 27.8. The molecule has 0 saturated heterocycles. The van der Waals surface area contributed by atoms with E-state index in [4.69, 9.17) is 38.0 Å². The first-order valence-corrected chi connectivity index (χ1v) is 15.6. The van der Waals surface area contributed by atoms with Gasteiger partial charge in [-0.05, 0) is 18.1 Å². The average molecular weight is 556 g/mol. The summed E-state index contributed by atoms with van der Waals surface area (Å²) in [6.45, 7) is 16.9. The zero-order valence-corrected chi connectivity index (χ0v) is 24.3. The highest BCUT2D eigenvalue weighted by atomic mass is 28.4. The first-order chi connectivity index (χ1) is 17.6. The van der Waals surface area contributed by atoms with E-state index in [0.29, 0.717) is 92.4 Å². The van der Waals surface area contributed by atoms with Gasteiger partial charge in [0.15, 0.2) is 8.32 Å². The van der Waals surface area contributed by atoms with E-state index in [1.54, 1.807) is 0 Å². The largest absolute Gasteiger partial charge is 0.480 e. The highest BCUT2D eigenvalue weighted by Gasteiger charge is 2.36. The molecular formula is C24H49NO11Si. The van der Waals surface area contributed by atoms with Crippen molar-refractivity contribution < 1.29 is 52.3 Å². The van der Waals surface area contributed by atoms with Crippen molar-refractivity contribution >= 4 is 20.2 Å². The molecule has 0 spiro atoms. The molecule has 0 aliphatic heterocycles. The summed E-state index contributed by atoms with van der Waals surface area (Å²) in [5, 5.41) is 11.2. The number of amides is 1. The molecule has 0 saturated carbocycles. The topological polar surface area (TPSA) is 140 Å². The van der Waals surface area contributed by atoms with Crippen molar-refractivity contribution in [1.82, 2.24) is 5.32 Å². The zero-order valence-electron chi connectivity index (χ0n) is 23.3. The van der Waals surface area contributed by atoms with Gasteiger partial charge in [0, 0.05) is 6.54 Å². The van der Waals surface area contributed by atoms with Gasteiger partial charge < -0.3 is 48.0 Å². The number of ether oxygens (including phenoxy) is 7. The predicted octanol–water partition coefficient (Wildman–Crippen LogP) is 1.33. The molecule has 0 rings (SSSR count). The Kier molecular flexibility index (Phi) is 22.1. The summed E-state index contributed by atoms with van der Waals surface area (Å²) in [4.78, 5) is 21.6. The van der Waals surface area contributed by atoms with Crippen LogP contribution in [0, 0.1) is 0 Å². The first-order valence-electron chi connectivity index (χ1n) is 12.7. The van der Waals surface area contributed by atoms with E-state index in [1.807, 2.05) is 0 Å². The molecule has 0 radical (unpaired) electrons. The molecule has 37 heavy (non-hydrogen) atoms. The Morgan fingerprint density at radius 1 is 0.622 bits per heavy atom. The Bertz CT molecular complexity index is 573. The van der Waals surface area contributed by atoms with Crippen LogP contribution in [0.1, 0.15) is 20.8 Å². The summed E-state index contributed by atoms with van der Waals surface area (Å²) in [7, 11) is -1.70. The van der Waals surface area contributed by atoms with Gasteiger partial charge in [0.05, 0.1) is 85.9 Å². The molecular weight excluding hydrogens is 506 g/mol. The number of nitrogens with one attached hydrogen (secondary N) is 1. The van der Waals surface area contributed by atoms with Gasteiger partial charge in [0.2, 0.25) is 5.91 Å². The van der Waals surface area contributed by atoms with Crippen molar-refractivity contribution in [1.29, 1.82) is 0 Å². The summed E-state index contributed by atoms with van der Waals surface area (Å²) >= 11 is 0. The predicted molar refractivity (Wildman–Crippen MR) is 140 cm³/mol. The van der Waals surface area contributed by atoms with Crippen LogP contribution in [-0.4, -0.2) is 131 Å². The molecule has 12 nitrogen and oxygen atoms in total. The minimum Gasteiger partial charge on any atom is -0.480 e.